The van der Waals surface area contributed by atoms with Gasteiger partial charge in [-0.05, 0) is 54.7 Å². The van der Waals surface area contributed by atoms with Gasteiger partial charge in [-0.15, -0.1) is 11.3 Å². The van der Waals surface area contributed by atoms with Gasteiger partial charge in [-0.1, -0.05) is 19.9 Å². The Morgan fingerprint density at radius 3 is 2.53 bits per heavy atom. The van der Waals surface area contributed by atoms with Crippen LogP contribution in [0.3, 0.4) is 0 Å². The first-order chi connectivity index (χ1) is 15.7. The van der Waals surface area contributed by atoms with Gasteiger partial charge in [0, 0.05) is 50.4 Å². The fourth-order valence-electron chi connectivity index (χ4n) is 3.23. The van der Waals surface area contributed by atoms with E-state index in [2.05, 4.69) is 27.4 Å². The van der Waals surface area contributed by atoms with Crippen molar-refractivity contribution in [2.45, 2.75) is 46.1 Å². The van der Waals surface area contributed by atoms with Gasteiger partial charge in [0.25, 0.3) is 0 Å². The largest absolute Gasteiger partial charge is 0.365 e. The highest BCUT2D eigenvalue weighted by Gasteiger charge is 2.16. The van der Waals surface area contributed by atoms with Crippen molar-refractivity contribution in [3.63, 3.8) is 0 Å². The second kappa shape index (κ2) is 14.1. The zero-order chi connectivity index (χ0) is 23.2. The molecule has 0 aromatic carbocycles. The van der Waals surface area contributed by atoms with Crippen molar-refractivity contribution < 1.29 is 9.59 Å². The molecule has 1 aliphatic carbocycles. The molecule has 4 rings (SSSR count). The minimum Gasteiger partial charge on any atom is -0.365 e. The molecule has 170 valence electrons. The Hall–Kier alpha value is -3.06. The number of rotatable bonds is 6. The molecule has 0 atom stereocenters. The predicted octanol–water partition coefficient (Wildman–Crippen LogP) is 5.73. The number of ketones is 1. The van der Waals surface area contributed by atoms with E-state index in [0.29, 0.717) is 23.9 Å². The SMILES string of the molecule is CC.CNc1nc(/C=C/C2CCC(=O)CC2)cs1.O=Cc1cccn1Cc1ccncc1. The van der Waals surface area contributed by atoms with Gasteiger partial charge in [0.2, 0.25) is 0 Å². The van der Waals surface area contributed by atoms with Crippen molar-refractivity contribution in [2.75, 3.05) is 12.4 Å². The number of aromatic nitrogens is 3. The second-order valence-electron chi connectivity index (χ2n) is 7.10. The first-order valence-corrected chi connectivity index (χ1v) is 11.9. The highest BCUT2D eigenvalue weighted by molar-refractivity contribution is 7.13. The number of pyridine rings is 1. The number of carbonyl (C=O) groups excluding carboxylic acids is 2. The van der Waals surface area contributed by atoms with Gasteiger partial charge >= 0.3 is 0 Å². The minimum atomic E-state index is 0.413. The number of aldehydes is 1. The number of nitrogens with zero attached hydrogens (tertiary/aromatic N) is 3. The zero-order valence-corrected chi connectivity index (χ0v) is 19.8. The van der Waals surface area contributed by atoms with Crippen LogP contribution in [0, 0.1) is 5.92 Å². The summed E-state index contributed by atoms with van der Waals surface area (Å²) in [5, 5.41) is 6.00. The molecular weight excluding hydrogens is 420 g/mol. The minimum absolute atomic E-state index is 0.413. The molecule has 0 radical (unpaired) electrons. The lowest BCUT2D eigenvalue weighted by Gasteiger charge is -2.16. The molecule has 1 aliphatic rings. The van der Waals surface area contributed by atoms with Crippen molar-refractivity contribution in [1.29, 1.82) is 0 Å². The van der Waals surface area contributed by atoms with Crippen LogP contribution < -0.4 is 5.32 Å². The van der Waals surface area contributed by atoms with Crippen LogP contribution in [0.5, 0.6) is 0 Å². The third-order valence-electron chi connectivity index (χ3n) is 4.95. The summed E-state index contributed by atoms with van der Waals surface area (Å²) in [7, 11) is 1.87. The van der Waals surface area contributed by atoms with Gasteiger partial charge in [0.05, 0.1) is 11.4 Å². The Labute approximate surface area is 194 Å². The summed E-state index contributed by atoms with van der Waals surface area (Å²) in [6.07, 6.45) is 14.0. The van der Waals surface area contributed by atoms with Crippen LogP contribution in [0.2, 0.25) is 0 Å². The van der Waals surface area contributed by atoms with Gasteiger partial charge in [-0.25, -0.2) is 4.98 Å². The molecule has 1 saturated carbocycles. The first-order valence-electron chi connectivity index (χ1n) is 11.0. The molecule has 0 unspecified atom stereocenters. The average molecular weight is 453 g/mol. The predicted molar refractivity (Wildman–Crippen MR) is 132 cm³/mol. The molecule has 0 saturated heterocycles. The molecule has 3 heterocycles. The number of allylic oxidation sites excluding steroid dienone is 1. The molecule has 1 N–H and O–H groups in total. The number of thiazole rings is 1. The van der Waals surface area contributed by atoms with Gasteiger partial charge in [-0.3, -0.25) is 14.6 Å². The molecule has 0 bridgehead atoms. The summed E-state index contributed by atoms with van der Waals surface area (Å²) in [5.74, 6) is 0.966. The van der Waals surface area contributed by atoms with Crippen LogP contribution in [0.4, 0.5) is 5.13 Å². The summed E-state index contributed by atoms with van der Waals surface area (Å²) in [6, 6.07) is 7.54. The van der Waals surface area contributed by atoms with Crippen molar-refractivity contribution >= 4 is 34.6 Å². The van der Waals surface area contributed by atoms with E-state index in [1.54, 1.807) is 29.8 Å². The summed E-state index contributed by atoms with van der Waals surface area (Å²) < 4.78 is 1.91. The summed E-state index contributed by atoms with van der Waals surface area (Å²) in [6.45, 7) is 4.71. The van der Waals surface area contributed by atoms with Gasteiger partial charge in [0.1, 0.15) is 5.78 Å². The molecule has 6 nitrogen and oxygen atoms in total. The van der Waals surface area contributed by atoms with Crippen molar-refractivity contribution in [2.24, 2.45) is 5.92 Å². The number of hydrogen-bond donors (Lipinski definition) is 1. The Morgan fingerprint density at radius 1 is 1.19 bits per heavy atom. The van der Waals surface area contributed by atoms with E-state index < -0.39 is 0 Å². The maximum absolute atomic E-state index is 11.1. The van der Waals surface area contributed by atoms with E-state index in [0.717, 1.165) is 48.4 Å². The Kier molecular flexibility index (Phi) is 11.1. The van der Waals surface area contributed by atoms with Crippen LogP contribution in [0.25, 0.3) is 6.08 Å². The van der Waals surface area contributed by atoms with Gasteiger partial charge < -0.3 is 9.88 Å². The second-order valence-corrected chi connectivity index (χ2v) is 7.96. The third kappa shape index (κ3) is 8.23. The summed E-state index contributed by atoms with van der Waals surface area (Å²) in [4.78, 5) is 30.0. The Balaban J connectivity index is 0.000000212. The monoisotopic (exact) mass is 452 g/mol. The number of Topliss-reactive ketones (excluding diaryl/α,β-unsaturated/α-hetero) is 1. The lowest BCUT2D eigenvalue weighted by molar-refractivity contribution is -0.120. The third-order valence-corrected chi connectivity index (χ3v) is 5.83. The highest BCUT2D eigenvalue weighted by atomic mass is 32.1. The highest BCUT2D eigenvalue weighted by Crippen LogP contribution is 2.24. The Bertz CT molecular complexity index is 969. The smallest absolute Gasteiger partial charge is 0.182 e. The van der Waals surface area contributed by atoms with E-state index in [4.69, 9.17) is 0 Å². The fourth-order valence-corrected chi connectivity index (χ4v) is 3.87. The van der Waals surface area contributed by atoms with Crippen LogP contribution in [-0.4, -0.2) is 33.7 Å². The lowest BCUT2D eigenvalue weighted by atomic mass is 9.88. The number of carbonyl (C=O) groups is 2. The molecule has 32 heavy (non-hydrogen) atoms. The molecule has 1 fully saturated rings. The molecular formula is C25H32N4O2S. The topological polar surface area (TPSA) is 76.9 Å². The maximum atomic E-state index is 11.1. The Morgan fingerprint density at radius 2 is 1.91 bits per heavy atom. The standard InChI is InChI=1S/C12H16N2OS.C11H10N2O.C2H6/c1-13-12-14-10(8-16-12)5-2-9-3-6-11(15)7-4-9;14-9-11-2-1-7-13(11)8-10-3-5-12-6-4-10;1-2/h2,5,8-9H,3-4,6-7H2,1H3,(H,13,14);1-7,9H,8H2;1-2H3/b5-2+;;. The molecule has 0 spiro atoms. The molecule has 3 aromatic heterocycles. The average Bonchev–Trinajstić information content (AvgIpc) is 3.50. The molecule has 3 aromatic rings. The normalized spacial score (nSPS) is 13.7. The number of hydrogen-bond acceptors (Lipinski definition) is 6. The quantitative estimate of drug-likeness (QED) is 0.484. The lowest BCUT2D eigenvalue weighted by Crippen LogP contribution is -2.11. The molecule has 7 heteroatoms. The van der Waals surface area contributed by atoms with Crippen molar-refractivity contribution in [3.8, 4) is 0 Å². The van der Waals surface area contributed by atoms with Gasteiger partial charge in [-0.2, -0.15) is 0 Å². The van der Waals surface area contributed by atoms with E-state index in [9.17, 15) is 9.59 Å². The van der Waals surface area contributed by atoms with E-state index in [-0.39, 0.29) is 0 Å². The zero-order valence-electron chi connectivity index (χ0n) is 19.0. The van der Waals surface area contributed by atoms with Crippen molar-refractivity contribution in [3.05, 3.63) is 71.3 Å². The molecule has 0 aliphatic heterocycles. The summed E-state index contributed by atoms with van der Waals surface area (Å²) in [5.41, 5.74) is 2.84. The number of nitrogens with one attached hydrogen (secondary N) is 1. The summed E-state index contributed by atoms with van der Waals surface area (Å²) >= 11 is 1.61. The molecule has 0 amide bonds. The maximum Gasteiger partial charge on any atom is 0.182 e. The fraction of sp³-hybridized carbons (Fsp3) is 0.360. The van der Waals surface area contributed by atoms with Crippen LogP contribution in [-0.2, 0) is 11.3 Å². The first kappa shape index (κ1) is 25.2. The van der Waals surface area contributed by atoms with E-state index in [1.807, 2.05) is 55.2 Å². The van der Waals surface area contributed by atoms with Gasteiger partial charge in [0.15, 0.2) is 11.4 Å². The van der Waals surface area contributed by atoms with Crippen LogP contribution in [0.15, 0.2) is 54.3 Å². The van der Waals surface area contributed by atoms with Crippen LogP contribution >= 0.6 is 11.3 Å². The van der Waals surface area contributed by atoms with E-state index >= 15 is 0 Å². The van der Waals surface area contributed by atoms with Crippen molar-refractivity contribution in [1.82, 2.24) is 14.5 Å². The van der Waals surface area contributed by atoms with Crippen LogP contribution in [0.1, 0.15) is 61.3 Å². The number of anilines is 1. The van der Waals surface area contributed by atoms with E-state index in [1.165, 1.54) is 0 Å².